The fourth-order valence-electron chi connectivity index (χ4n) is 2.70. The molecule has 2 N–H and O–H groups in total. The number of guanidine groups is 1. The normalized spacial score (nSPS) is 23.1. The lowest BCUT2D eigenvalue weighted by Gasteiger charge is -2.28. The van der Waals surface area contributed by atoms with E-state index in [2.05, 4.69) is 22.0 Å². The van der Waals surface area contributed by atoms with Crippen LogP contribution in [0, 0.1) is 0 Å². The molecule has 1 atom stereocenters. The van der Waals surface area contributed by atoms with Gasteiger partial charge in [0.1, 0.15) is 5.75 Å². The van der Waals surface area contributed by atoms with Crippen LogP contribution < -0.4 is 10.5 Å². The highest BCUT2D eigenvalue weighted by Crippen LogP contribution is 2.33. The van der Waals surface area contributed by atoms with Gasteiger partial charge in [-0.25, -0.2) is 0 Å². The van der Waals surface area contributed by atoms with Crippen LogP contribution in [0.3, 0.4) is 0 Å². The molecule has 0 bridgehead atoms. The average molecular weight is 291 g/mol. The second-order valence-electron chi connectivity index (χ2n) is 5.17. The molecule has 3 rings (SSSR count). The van der Waals surface area contributed by atoms with Crippen molar-refractivity contribution >= 4 is 17.7 Å². The van der Waals surface area contributed by atoms with Crippen LogP contribution in [0.2, 0.25) is 0 Å². The van der Waals surface area contributed by atoms with Crippen molar-refractivity contribution < 1.29 is 4.74 Å². The molecule has 0 unspecified atom stereocenters. The quantitative estimate of drug-likeness (QED) is 0.668. The van der Waals surface area contributed by atoms with Crippen molar-refractivity contribution in [2.75, 3.05) is 37.7 Å². The number of nitrogens with two attached hydrogens (primary N) is 1. The lowest BCUT2D eigenvalue weighted by Crippen LogP contribution is -2.42. The Kier molecular flexibility index (Phi) is 4.35. The summed E-state index contributed by atoms with van der Waals surface area (Å²) in [7, 11) is 0. The van der Waals surface area contributed by atoms with Crippen molar-refractivity contribution in [2.24, 2.45) is 10.7 Å². The number of para-hydroxylation sites is 1. The zero-order valence-electron chi connectivity index (χ0n) is 11.6. The van der Waals surface area contributed by atoms with Crippen molar-refractivity contribution in [1.29, 1.82) is 0 Å². The lowest BCUT2D eigenvalue weighted by atomic mass is 9.93. The van der Waals surface area contributed by atoms with Crippen molar-refractivity contribution in [3.8, 4) is 5.75 Å². The van der Waals surface area contributed by atoms with E-state index in [0.29, 0.717) is 11.9 Å². The molecule has 5 heteroatoms. The maximum absolute atomic E-state index is 6.12. The second kappa shape index (κ2) is 6.39. The van der Waals surface area contributed by atoms with Crippen molar-refractivity contribution in [3.63, 3.8) is 0 Å². The smallest absolute Gasteiger partial charge is 0.191 e. The zero-order valence-corrected chi connectivity index (χ0v) is 12.4. The molecule has 108 valence electrons. The lowest BCUT2D eigenvalue weighted by molar-refractivity contribution is 0.268. The van der Waals surface area contributed by atoms with Gasteiger partial charge in [-0.2, -0.15) is 11.8 Å². The third-order valence-corrected chi connectivity index (χ3v) is 4.83. The Balaban J connectivity index is 1.66. The van der Waals surface area contributed by atoms with E-state index in [0.717, 1.165) is 49.9 Å². The molecule has 2 aliphatic heterocycles. The van der Waals surface area contributed by atoms with Crippen LogP contribution in [0.4, 0.5) is 0 Å². The van der Waals surface area contributed by atoms with E-state index in [9.17, 15) is 0 Å². The number of ether oxygens (including phenoxy) is 1. The van der Waals surface area contributed by atoms with Gasteiger partial charge in [-0.3, -0.25) is 4.99 Å². The minimum absolute atomic E-state index is 0.428. The van der Waals surface area contributed by atoms with E-state index in [1.807, 2.05) is 23.9 Å². The van der Waals surface area contributed by atoms with E-state index in [4.69, 9.17) is 10.5 Å². The average Bonchev–Trinajstić information content (AvgIpc) is 2.53. The third kappa shape index (κ3) is 3.03. The maximum atomic E-state index is 6.12. The monoisotopic (exact) mass is 291 g/mol. The molecule has 4 nitrogen and oxygen atoms in total. The Morgan fingerprint density at radius 3 is 3.00 bits per heavy atom. The van der Waals surface area contributed by atoms with Crippen molar-refractivity contribution in [1.82, 2.24) is 4.90 Å². The second-order valence-corrected chi connectivity index (χ2v) is 6.39. The molecule has 0 radical (unpaired) electrons. The summed E-state index contributed by atoms with van der Waals surface area (Å²) in [5.41, 5.74) is 7.39. The first-order valence-corrected chi connectivity index (χ1v) is 8.34. The fraction of sp³-hybridized carbons (Fsp3) is 0.533. The molecule has 1 saturated heterocycles. The van der Waals surface area contributed by atoms with Gasteiger partial charge < -0.3 is 15.4 Å². The van der Waals surface area contributed by atoms with Crippen LogP contribution in [0.1, 0.15) is 17.9 Å². The topological polar surface area (TPSA) is 50.9 Å². The van der Waals surface area contributed by atoms with Crippen molar-refractivity contribution in [3.05, 3.63) is 29.8 Å². The number of rotatable bonds is 2. The Labute approximate surface area is 124 Å². The largest absolute Gasteiger partial charge is 0.493 e. The Bertz CT molecular complexity index is 486. The summed E-state index contributed by atoms with van der Waals surface area (Å²) in [6.45, 7) is 3.57. The predicted octanol–water partition coefficient (Wildman–Crippen LogP) is 1.92. The van der Waals surface area contributed by atoms with Gasteiger partial charge in [0.15, 0.2) is 5.96 Å². The van der Waals surface area contributed by atoms with E-state index < -0.39 is 0 Å². The van der Waals surface area contributed by atoms with Crippen LogP contribution in [0.25, 0.3) is 0 Å². The highest BCUT2D eigenvalue weighted by Gasteiger charge is 2.21. The summed E-state index contributed by atoms with van der Waals surface area (Å²) in [6.07, 6.45) is 1.02. The summed E-state index contributed by atoms with van der Waals surface area (Å²) in [6, 6.07) is 8.26. The molecule has 0 amide bonds. The number of aliphatic imine (C=N–C) groups is 1. The third-order valence-electron chi connectivity index (χ3n) is 3.89. The molecule has 0 spiro atoms. The SMILES string of the molecule is NC(=NC[C@H]1CCOc2ccccc21)N1CCSCC1. The highest BCUT2D eigenvalue weighted by atomic mass is 32.2. The Morgan fingerprint density at radius 2 is 2.15 bits per heavy atom. The number of thioether (sulfide) groups is 1. The molecule has 1 fully saturated rings. The molecule has 2 heterocycles. The number of hydrogen-bond donors (Lipinski definition) is 1. The fourth-order valence-corrected chi connectivity index (χ4v) is 3.60. The highest BCUT2D eigenvalue weighted by molar-refractivity contribution is 7.99. The number of fused-ring (bicyclic) bond motifs is 1. The Morgan fingerprint density at radius 1 is 1.35 bits per heavy atom. The van der Waals surface area contributed by atoms with Crippen LogP contribution in [0.5, 0.6) is 5.75 Å². The van der Waals surface area contributed by atoms with Gasteiger partial charge in [0.2, 0.25) is 0 Å². The van der Waals surface area contributed by atoms with Gasteiger partial charge in [0.25, 0.3) is 0 Å². The van der Waals surface area contributed by atoms with E-state index in [1.54, 1.807) is 0 Å². The maximum Gasteiger partial charge on any atom is 0.191 e. The molecule has 1 aromatic rings. The summed E-state index contributed by atoms with van der Waals surface area (Å²) >= 11 is 1.98. The van der Waals surface area contributed by atoms with Crippen LogP contribution in [0.15, 0.2) is 29.3 Å². The summed E-state index contributed by atoms with van der Waals surface area (Å²) in [4.78, 5) is 6.82. The first-order chi connectivity index (χ1) is 9.84. The van der Waals surface area contributed by atoms with E-state index >= 15 is 0 Å². The predicted molar refractivity (Wildman–Crippen MR) is 84.7 cm³/mol. The van der Waals surface area contributed by atoms with Gasteiger partial charge in [-0.1, -0.05) is 18.2 Å². The summed E-state index contributed by atoms with van der Waals surface area (Å²) < 4.78 is 5.68. The zero-order chi connectivity index (χ0) is 13.8. The molecule has 0 aromatic heterocycles. The van der Waals surface area contributed by atoms with Gasteiger partial charge >= 0.3 is 0 Å². The molecule has 0 saturated carbocycles. The van der Waals surface area contributed by atoms with Crippen molar-refractivity contribution in [2.45, 2.75) is 12.3 Å². The molecule has 20 heavy (non-hydrogen) atoms. The molecular formula is C15H21N3OS. The first kappa shape index (κ1) is 13.6. The Hall–Kier alpha value is -1.36. The minimum Gasteiger partial charge on any atom is -0.493 e. The van der Waals surface area contributed by atoms with Crippen LogP contribution in [-0.2, 0) is 0 Å². The van der Waals surface area contributed by atoms with Gasteiger partial charge in [-0.15, -0.1) is 0 Å². The first-order valence-electron chi connectivity index (χ1n) is 7.19. The number of hydrogen-bond acceptors (Lipinski definition) is 3. The number of benzene rings is 1. The molecular weight excluding hydrogens is 270 g/mol. The van der Waals surface area contributed by atoms with Gasteiger partial charge in [-0.05, 0) is 18.1 Å². The van der Waals surface area contributed by atoms with Gasteiger partial charge in [0, 0.05) is 37.1 Å². The summed E-state index contributed by atoms with van der Waals surface area (Å²) in [5, 5.41) is 0. The van der Waals surface area contributed by atoms with Crippen LogP contribution >= 0.6 is 11.8 Å². The molecule has 2 aliphatic rings. The summed E-state index contributed by atoms with van der Waals surface area (Å²) in [5.74, 6) is 4.44. The number of nitrogens with zero attached hydrogens (tertiary/aromatic N) is 2. The van der Waals surface area contributed by atoms with Crippen LogP contribution in [-0.4, -0.2) is 48.6 Å². The van der Waals surface area contributed by atoms with E-state index in [-0.39, 0.29) is 0 Å². The van der Waals surface area contributed by atoms with Gasteiger partial charge in [0.05, 0.1) is 6.61 Å². The van der Waals surface area contributed by atoms with E-state index in [1.165, 1.54) is 5.56 Å². The molecule has 0 aliphatic carbocycles. The minimum atomic E-state index is 0.428. The standard InChI is InChI=1S/C15H21N3OS/c16-15(18-6-9-20-10-7-18)17-11-12-5-8-19-14-4-2-1-3-13(12)14/h1-4,12H,5-11H2,(H2,16,17)/t12-/m1/s1. The molecule has 1 aromatic carbocycles.